The minimum Gasteiger partial charge on any atom is -0.451 e. The lowest BCUT2D eigenvalue weighted by atomic mass is 9.89. The summed E-state index contributed by atoms with van der Waals surface area (Å²) in [5, 5.41) is 0. The fourth-order valence-electron chi connectivity index (χ4n) is 2.57. The molecule has 1 aliphatic heterocycles. The lowest BCUT2D eigenvalue weighted by Gasteiger charge is -2.27. The summed E-state index contributed by atoms with van der Waals surface area (Å²) in [4.78, 5) is 0. The number of aryl methyl sites for hydroxylation is 1. The van der Waals surface area contributed by atoms with E-state index in [9.17, 15) is 13.2 Å². The van der Waals surface area contributed by atoms with Crippen LogP contribution in [0.15, 0.2) is 28.8 Å². The number of ether oxygens (including phenoxy) is 1. The lowest BCUT2D eigenvalue weighted by Crippen LogP contribution is -2.17. The molecule has 0 fully saturated rings. The van der Waals surface area contributed by atoms with Crippen molar-refractivity contribution in [3.63, 3.8) is 0 Å². The summed E-state index contributed by atoms with van der Waals surface area (Å²) in [7, 11) is 0. The minimum atomic E-state index is -1.03. The van der Waals surface area contributed by atoms with Gasteiger partial charge in [0, 0.05) is 12.0 Å². The maximum atomic E-state index is 14.0. The molecule has 0 N–H and O–H groups in total. The van der Waals surface area contributed by atoms with Crippen molar-refractivity contribution in [1.82, 2.24) is 0 Å². The van der Waals surface area contributed by atoms with E-state index in [4.69, 9.17) is 4.74 Å². The molecule has 0 unspecified atom stereocenters. The summed E-state index contributed by atoms with van der Waals surface area (Å²) in [5.41, 5.74) is 2.24. The van der Waals surface area contributed by atoms with Gasteiger partial charge in [0.1, 0.15) is 0 Å². The van der Waals surface area contributed by atoms with Gasteiger partial charge in [0.25, 0.3) is 0 Å². The minimum absolute atomic E-state index is 0.0819. The fourth-order valence-corrected chi connectivity index (χ4v) is 2.57. The molecular weight excluding hydrogens is 277 g/mol. The summed E-state index contributed by atoms with van der Waals surface area (Å²) in [6.07, 6.45) is 1.77. The molecule has 4 heteroatoms. The molecule has 114 valence electrons. The summed E-state index contributed by atoms with van der Waals surface area (Å²) < 4.78 is 46.7. The molecule has 0 aromatic heterocycles. The Balaban J connectivity index is 0.000000774. The third-order valence-corrected chi connectivity index (χ3v) is 3.73. The average molecular weight is 296 g/mol. The predicted molar refractivity (Wildman–Crippen MR) is 76.8 cm³/mol. The second-order valence-electron chi connectivity index (χ2n) is 5.12. The van der Waals surface area contributed by atoms with Gasteiger partial charge in [-0.25, -0.2) is 8.78 Å². The van der Waals surface area contributed by atoms with Crippen LogP contribution in [0.3, 0.4) is 0 Å². The third kappa shape index (κ3) is 2.59. The highest BCUT2D eigenvalue weighted by molar-refractivity contribution is 5.50. The maximum Gasteiger partial charge on any atom is 0.201 e. The first kappa shape index (κ1) is 15.7. The van der Waals surface area contributed by atoms with E-state index in [2.05, 4.69) is 0 Å². The molecule has 1 aliphatic carbocycles. The first-order chi connectivity index (χ1) is 9.99. The Morgan fingerprint density at radius 1 is 1.00 bits per heavy atom. The number of rotatable bonds is 0. The number of benzene rings is 1. The normalized spacial score (nSPS) is 16.7. The van der Waals surface area contributed by atoms with Crippen LogP contribution in [0, 0.1) is 18.6 Å². The van der Waals surface area contributed by atoms with Gasteiger partial charge < -0.3 is 4.74 Å². The standard InChI is InChI=1S/C15H13F3O.C2H6/c1-7-3-4-9-6-10-5-8(2)11(16)13(18)15(10)19-14(9)12(7)17;1-2/h5H,3-4,6H2,1-2H3;1-2H3. The van der Waals surface area contributed by atoms with Crippen LogP contribution in [0.2, 0.25) is 0 Å². The third-order valence-electron chi connectivity index (χ3n) is 3.73. The molecule has 1 aromatic rings. The van der Waals surface area contributed by atoms with Gasteiger partial charge in [0.05, 0.1) is 0 Å². The van der Waals surface area contributed by atoms with Crippen molar-refractivity contribution in [2.24, 2.45) is 0 Å². The Bertz CT molecular complexity index is 642. The number of hydrogen-bond donors (Lipinski definition) is 0. The van der Waals surface area contributed by atoms with E-state index in [1.54, 1.807) is 13.0 Å². The molecule has 0 saturated carbocycles. The van der Waals surface area contributed by atoms with Crippen LogP contribution in [0.4, 0.5) is 13.2 Å². The van der Waals surface area contributed by atoms with E-state index in [-0.39, 0.29) is 17.1 Å². The van der Waals surface area contributed by atoms with Crippen LogP contribution in [-0.2, 0) is 6.42 Å². The molecule has 0 bridgehead atoms. The quantitative estimate of drug-likeness (QED) is 0.612. The zero-order valence-electron chi connectivity index (χ0n) is 12.7. The van der Waals surface area contributed by atoms with E-state index in [1.807, 2.05) is 13.8 Å². The molecule has 0 atom stereocenters. The predicted octanol–water partition coefficient (Wildman–Crippen LogP) is 5.53. The molecule has 0 spiro atoms. The van der Waals surface area contributed by atoms with Crippen LogP contribution < -0.4 is 4.74 Å². The highest BCUT2D eigenvalue weighted by Gasteiger charge is 2.30. The molecule has 21 heavy (non-hydrogen) atoms. The van der Waals surface area contributed by atoms with Gasteiger partial charge in [0.15, 0.2) is 23.2 Å². The number of fused-ring (bicyclic) bond motifs is 1. The first-order valence-electron chi connectivity index (χ1n) is 7.22. The molecule has 1 heterocycles. The van der Waals surface area contributed by atoms with Crippen molar-refractivity contribution < 1.29 is 17.9 Å². The van der Waals surface area contributed by atoms with Crippen molar-refractivity contribution in [1.29, 1.82) is 0 Å². The zero-order chi connectivity index (χ0) is 15.7. The number of allylic oxidation sites excluding steroid dienone is 3. The van der Waals surface area contributed by atoms with Crippen molar-refractivity contribution in [2.75, 3.05) is 0 Å². The van der Waals surface area contributed by atoms with Gasteiger partial charge in [-0.15, -0.1) is 0 Å². The van der Waals surface area contributed by atoms with E-state index in [1.165, 1.54) is 6.92 Å². The summed E-state index contributed by atoms with van der Waals surface area (Å²) in [5.74, 6) is -2.49. The van der Waals surface area contributed by atoms with Crippen molar-refractivity contribution in [3.8, 4) is 5.75 Å². The largest absolute Gasteiger partial charge is 0.451 e. The second kappa shape index (κ2) is 5.96. The molecule has 1 nitrogen and oxygen atoms in total. The summed E-state index contributed by atoms with van der Waals surface area (Å²) in [6, 6.07) is 1.57. The summed E-state index contributed by atoms with van der Waals surface area (Å²) >= 11 is 0. The van der Waals surface area contributed by atoms with Crippen LogP contribution in [0.25, 0.3) is 0 Å². The topological polar surface area (TPSA) is 9.23 Å². The average Bonchev–Trinajstić information content (AvgIpc) is 2.50. The Labute approximate surface area is 123 Å². The van der Waals surface area contributed by atoms with Crippen molar-refractivity contribution in [2.45, 2.75) is 47.0 Å². The fraction of sp³-hybridized carbons (Fsp3) is 0.412. The molecule has 3 rings (SSSR count). The highest BCUT2D eigenvalue weighted by Crippen LogP contribution is 2.42. The van der Waals surface area contributed by atoms with E-state index >= 15 is 0 Å². The van der Waals surface area contributed by atoms with Gasteiger partial charge >= 0.3 is 0 Å². The van der Waals surface area contributed by atoms with Crippen molar-refractivity contribution >= 4 is 0 Å². The Morgan fingerprint density at radius 3 is 2.33 bits per heavy atom. The Kier molecular flexibility index (Phi) is 4.45. The van der Waals surface area contributed by atoms with Crippen LogP contribution in [-0.4, -0.2) is 0 Å². The van der Waals surface area contributed by atoms with E-state index < -0.39 is 17.5 Å². The van der Waals surface area contributed by atoms with Gasteiger partial charge in [-0.3, -0.25) is 0 Å². The second-order valence-corrected chi connectivity index (χ2v) is 5.12. The molecule has 2 aliphatic rings. The maximum absolute atomic E-state index is 14.0. The number of halogens is 3. The Morgan fingerprint density at radius 2 is 1.67 bits per heavy atom. The monoisotopic (exact) mass is 296 g/mol. The van der Waals surface area contributed by atoms with Gasteiger partial charge in [0.2, 0.25) is 5.82 Å². The highest BCUT2D eigenvalue weighted by atomic mass is 19.2. The van der Waals surface area contributed by atoms with Gasteiger partial charge in [-0.1, -0.05) is 13.8 Å². The summed E-state index contributed by atoms with van der Waals surface area (Å²) in [6.45, 7) is 7.19. The molecule has 0 amide bonds. The number of hydrogen-bond acceptors (Lipinski definition) is 1. The van der Waals surface area contributed by atoms with Gasteiger partial charge in [-0.2, -0.15) is 4.39 Å². The van der Waals surface area contributed by atoms with Gasteiger partial charge in [-0.05, 0) is 49.5 Å². The van der Waals surface area contributed by atoms with Crippen LogP contribution in [0.1, 0.15) is 44.7 Å². The SMILES string of the molecule is CC.CC1=C(F)C2=C(CC1)Cc1cc(C)c(F)c(F)c1O2. The lowest BCUT2D eigenvalue weighted by molar-refractivity contribution is 0.339. The molecule has 0 radical (unpaired) electrons. The van der Waals surface area contributed by atoms with Crippen LogP contribution in [0.5, 0.6) is 5.75 Å². The first-order valence-corrected chi connectivity index (χ1v) is 7.22. The molecule has 1 aromatic carbocycles. The molecular formula is C17H19F3O. The smallest absolute Gasteiger partial charge is 0.201 e. The van der Waals surface area contributed by atoms with Crippen LogP contribution >= 0.6 is 0 Å². The Hall–Kier alpha value is -1.71. The van der Waals surface area contributed by atoms with E-state index in [0.29, 0.717) is 30.4 Å². The molecule has 0 saturated heterocycles. The van der Waals surface area contributed by atoms with E-state index in [0.717, 1.165) is 5.57 Å². The zero-order valence-corrected chi connectivity index (χ0v) is 12.7. The van der Waals surface area contributed by atoms with Crippen molar-refractivity contribution in [3.05, 3.63) is 51.6 Å².